The Morgan fingerprint density at radius 1 is 1.00 bits per heavy atom. The number of sulfonamides is 1. The maximum absolute atomic E-state index is 12.8. The van der Waals surface area contributed by atoms with Crippen LogP contribution in [0.15, 0.2) is 70.9 Å². The summed E-state index contributed by atoms with van der Waals surface area (Å²) in [5, 5.41) is 4.71. The maximum atomic E-state index is 12.8. The number of anilines is 1. The number of amides is 1. The van der Waals surface area contributed by atoms with E-state index in [1.54, 1.807) is 12.1 Å². The van der Waals surface area contributed by atoms with E-state index in [2.05, 4.69) is 10.0 Å². The van der Waals surface area contributed by atoms with Gasteiger partial charge in [0.05, 0.1) is 23.4 Å². The highest BCUT2D eigenvalue weighted by molar-refractivity contribution is 7.92. The molecular weight excluding hydrogens is 437 g/mol. The van der Waals surface area contributed by atoms with Gasteiger partial charge in [0, 0.05) is 10.6 Å². The zero-order valence-corrected chi connectivity index (χ0v) is 17.1. The minimum Gasteiger partial charge on any atom is -0.351 e. The van der Waals surface area contributed by atoms with Gasteiger partial charge < -0.3 is 5.32 Å². The molecule has 0 saturated heterocycles. The second-order valence-corrected chi connectivity index (χ2v) is 9.08. The first kappa shape index (κ1) is 21.8. The van der Waals surface area contributed by atoms with E-state index in [1.807, 2.05) is 17.5 Å². The van der Waals surface area contributed by atoms with Gasteiger partial charge in [-0.3, -0.25) is 9.52 Å². The summed E-state index contributed by atoms with van der Waals surface area (Å²) in [5.74, 6) is -0.180. The van der Waals surface area contributed by atoms with Crippen molar-refractivity contribution in [3.8, 4) is 0 Å². The van der Waals surface area contributed by atoms with Gasteiger partial charge in [-0.2, -0.15) is 13.2 Å². The summed E-state index contributed by atoms with van der Waals surface area (Å²) in [6.45, 7) is 0.436. The number of benzene rings is 2. The van der Waals surface area contributed by atoms with Crippen LogP contribution in [0, 0.1) is 0 Å². The van der Waals surface area contributed by atoms with Crippen molar-refractivity contribution in [3.63, 3.8) is 0 Å². The molecule has 0 radical (unpaired) electrons. The molecule has 2 N–H and O–H groups in total. The zero-order valence-electron chi connectivity index (χ0n) is 15.4. The Labute approximate surface area is 175 Å². The maximum Gasteiger partial charge on any atom is 0.416 e. The lowest BCUT2D eigenvalue weighted by Crippen LogP contribution is -2.24. The molecule has 0 aliphatic heterocycles. The zero-order chi connectivity index (χ0) is 21.8. The molecule has 3 rings (SSSR count). The van der Waals surface area contributed by atoms with Crippen LogP contribution in [-0.4, -0.2) is 14.3 Å². The Morgan fingerprint density at radius 2 is 1.73 bits per heavy atom. The summed E-state index contributed by atoms with van der Waals surface area (Å²) in [6.07, 6.45) is -4.52. The number of alkyl halides is 3. The van der Waals surface area contributed by atoms with Crippen molar-refractivity contribution in [1.29, 1.82) is 0 Å². The van der Waals surface area contributed by atoms with E-state index in [0.717, 1.165) is 23.1 Å². The predicted molar refractivity (Wildman–Crippen MR) is 109 cm³/mol. The number of hydrogen-bond acceptors (Lipinski definition) is 4. The van der Waals surface area contributed by atoms with E-state index in [-0.39, 0.29) is 18.0 Å². The molecule has 0 unspecified atom stereocenters. The third kappa shape index (κ3) is 5.83. The Hall–Kier alpha value is -2.85. The third-order valence-electron chi connectivity index (χ3n) is 4.08. The lowest BCUT2D eigenvalue weighted by Gasteiger charge is -2.11. The standard InChI is InChI=1S/C20H17F3N2O3S2/c21-20(22,23)15-3-1-5-18(12-15)30(27,28)25-16-8-6-14(7-9-16)11-19(26)24-13-17-4-2-10-29-17/h1-10,12,25H,11,13H2,(H,24,26). The molecule has 1 aromatic heterocycles. The lowest BCUT2D eigenvalue weighted by molar-refractivity contribution is -0.137. The minimum absolute atomic E-state index is 0.117. The van der Waals surface area contributed by atoms with Crippen LogP contribution >= 0.6 is 11.3 Å². The number of thiophene rings is 1. The number of nitrogens with one attached hydrogen (secondary N) is 2. The summed E-state index contributed by atoms with van der Waals surface area (Å²) in [7, 11) is -4.19. The van der Waals surface area contributed by atoms with Crippen molar-refractivity contribution in [3.05, 3.63) is 82.0 Å². The average Bonchev–Trinajstić information content (AvgIpc) is 3.21. The Morgan fingerprint density at radius 3 is 2.37 bits per heavy atom. The fourth-order valence-corrected chi connectivity index (χ4v) is 4.34. The Bertz CT molecular complexity index is 1110. The lowest BCUT2D eigenvalue weighted by atomic mass is 10.1. The molecule has 10 heteroatoms. The highest BCUT2D eigenvalue weighted by Gasteiger charge is 2.31. The SMILES string of the molecule is O=C(Cc1ccc(NS(=O)(=O)c2cccc(C(F)(F)F)c2)cc1)NCc1cccs1. The summed E-state index contributed by atoms with van der Waals surface area (Å²) in [5.41, 5.74) is -0.204. The molecule has 0 bridgehead atoms. The van der Waals surface area contributed by atoms with Crippen molar-refractivity contribution >= 4 is 33.0 Å². The smallest absolute Gasteiger partial charge is 0.351 e. The van der Waals surface area contributed by atoms with Gasteiger partial charge in [-0.15, -0.1) is 11.3 Å². The fourth-order valence-electron chi connectivity index (χ4n) is 2.59. The van der Waals surface area contributed by atoms with Crippen molar-refractivity contribution in [2.75, 3.05) is 4.72 Å². The molecular formula is C20H17F3N2O3S2. The van der Waals surface area contributed by atoms with E-state index < -0.39 is 26.7 Å². The first-order valence-electron chi connectivity index (χ1n) is 8.71. The normalized spacial score (nSPS) is 11.8. The fraction of sp³-hybridized carbons (Fsp3) is 0.150. The number of halogens is 3. The topological polar surface area (TPSA) is 75.3 Å². The van der Waals surface area contributed by atoms with E-state index >= 15 is 0 Å². The van der Waals surface area contributed by atoms with Gasteiger partial charge in [-0.05, 0) is 47.3 Å². The van der Waals surface area contributed by atoms with Crippen LogP contribution in [0.3, 0.4) is 0 Å². The first-order chi connectivity index (χ1) is 14.1. The van der Waals surface area contributed by atoms with E-state index in [9.17, 15) is 26.4 Å². The van der Waals surface area contributed by atoms with E-state index in [4.69, 9.17) is 0 Å². The first-order valence-corrected chi connectivity index (χ1v) is 11.1. The molecule has 1 amide bonds. The van der Waals surface area contributed by atoms with E-state index in [0.29, 0.717) is 18.2 Å². The van der Waals surface area contributed by atoms with Crippen LogP contribution in [-0.2, 0) is 34.0 Å². The highest BCUT2D eigenvalue weighted by atomic mass is 32.2. The predicted octanol–water partition coefficient (Wildman–Crippen LogP) is 4.43. The molecule has 158 valence electrons. The van der Waals surface area contributed by atoms with Gasteiger partial charge in [-0.25, -0.2) is 8.42 Å². The average molecular weight is 454 g/mol. The van der Waals surface area contributed by atoms with E-state index in [1.165, 1.54) is 23.5 Å². The Kier molecular flexibility index (Phi) is 6.47. The number of carbonyl (C=O) groups is 1. The summed E-state index contributed by atoms with van der Waals surface area (Å²) in [4.78, 5) is 12.5. The summed E-state index contributed by atoms with van der Waals surface area (Å²) < 4.78 is 65.5. The van der Waals surface area contributed by atoms with Crippen LogP contribution < -0.4 is 10.0 Å². The quantitative estimate of drug-likeness (QED) is 0.555. The number of carbonyl (C=O) groups excluding carboxylic acids is 1. The number of rotatable bonds is 7. The van der Waals surface area contributed by atoms with Crippen molar-refractivity contribution < 1.29 is 26.4 Å². The molecule has 0 fully saturated rings. The van der Waals surface area contributed by atoms with Gasteiger partial charge in [0.1, 0.15) is 0 Å². The molecule has 0 aliphatic carbocycles. The highest BCUT2D eigenvalue weighted by Crippen LogP contribution is 2.30. The second kappa shape index (κ2) is 8.88. The van der Waals surface area contributed by atoms with Crippen LogP contribution in [0.5, 0.6) is 0 Å². The van der Waals surface area contributed by atoms with Crippen molar-refractivity contribution in [2.24, 2.45) is 0 Å². The summed E-state index contributed by atoms with van der Waals surface area (Å²) >= 11 is 1.54. The third-order valence-corrected chi connectivity index (χ3v) is 6.34. The van der Waals surface area contributed by atoms with Crippen LogP contribution in [0.2, 0.25) is 0 Å². The van der Waals surface area contributed by atoms with Crippen molar-refractivity contribution in [2.45, 2.75) is 24.0 Å². The molecule has 0 spiro atoms. The van der Waals surface area contributed by atoms with Crippen LogP contribution in [0.25, 0.3) is 0 Å². The minimum atomic E-state index is -4.64. The van der Waals surface area contributed by atoms with Gasteiger partial charge in [0.2, 0.25) is 5.91 Å². The molecule has 2 aromatic carbocycles. The van der Waals surface area contributed by atoms with Gasteiger partial charge in [-0.1, -0.05) is 24.3 Å². The molecule has 30 heavy (non-hydrogen) atoms. The van der Waals surface area contributed by atoms with Gasteiger partial charge in [0.25, 0.3) is 10.0 Å². The van der Waals surface area contributed by atoms with Gasteiger partial charge >= 0.3 is 6.18 Å². The Balaban J connectivity index is 1.62. The molecule has 3 aromatic rings. The van der Waals surface area contributed by atoms with Gasteiger partial charge in [0.15, 0.2) is 0 Å². The largest absolute Gasteiger partial charge is 0.416 e. The summed E-state index contributed by atoms with van der Waals surface area (Å²) in [6, 6.07) is 13.4. The molecule has 0 aliphatic rings. The van der Waals surface area contributed by atoms with Crippen LogP contribution in [0.1, 0.15) is 16.0 Å². The molecule has 5 nitrogen and oxygen atoms in total. The molecule has 0 saturated carbocycles. The monoisotopic (exact) mass is 454 g/mol. The van der Waals surface area contributed by atoms with Crippen LogP contribution in [0.4, 0.5) is 18.9 Å². The number of hydrogen-bond donors (Lipinski definition) is 2. The second-order valence-electron chi connectivity index (χ2n) is 6.36. The van der Waals surface area contributed by atoms with Crippen molar-refractivity contribution in [1.82, 2.24) is 5.32 Å². The molecule has 0 atom stereocenters. The molecule has 1 heterocycles.